The molecule has 0 spiro atoms. The van der Waals surface area contributed by atoms with Gasteiger partial charge in [-0.3, -0.25) is 0 Å². The summed E-state index contributed by atoms with van der Waals surface area (Å²) in [6, 6.07) is 24.7. The van der Waals surface area contributed by atoms with E-state index in [1.54, 1.807) is 0 Å². The number of rotatable bonds is 14. The highest BCUT2D eigenvalue weighted by atomic mass is 14.2. The van der Waals surface area contributed by atoms with Crippen LogP contribution in [0, 0.1) is 11.8 Å². The van der Waals surface area contributed by atoms with Crippen molar-refractivity contribution in [1.29, 1.82) is 0 Å². The third-order valence-corrected chi connectivity index (χ3v) is 8.40. The molecule has 0 heterocycles. The zero-order valence-corrected chi connectivity index (χ0v) is 23.5. The molecule has 0 bridgehead atoms. The van der Waals surface area contributed by atoms with E-state index in [9.17, 15) is 0 Å². The number of unbranched alkanes of at least 4 members (excludes halogenated alkanes) is 14. The molecule has 5 aromatic carbocycles. The predicted molar refractivity (Wildman–Crippen MR) is 169 cm³/mol. The number of fused-ring (bicyclic) bond motifs is 2. The van der Waals surface area contributed by atoms with Gasteiger partial charge in [-0.15, -0.1) is 0 Å². The fourth-order valence-electron chi connectivity index (χ4n) is 6.32. The van der Waals surface area contributed by atoms with Crippen LogP contribution in [0.1, 0.15) is 109 Å². The second-order valence-corrected chi connectivity index (χ2v) is 11.2. The largest absolute Gasteiger partial charge is 0.0979 e. The van der Waals surface area contributed by atoms with Crippen molar-refractivity contribution in [3.05, 3.63) is 72.3 Å². The molecule has 0 radical (unpaired) electrons. The van der Waals surface area contributed by atoms with Gasteiger partial charge in [-0.2, -0.15) is 0 Å². The molecule has 0 nitrogen and oxygen atoms in total. The molecule has 5 rings (SSSR count). The van der Waals surface area contributed by atoms with Crippen LogP contribution in [0.15, 0.2) is 66.7 Å². The van der Waals surface area contributed by atoms with Gasteiger partial charge in [0.25, 0.3) is 0 Å². The fraction of sp³-hybridized carbons (Fsp3) is 0.421. The minimum atomic E-state index is 1.00. The highest BCUT2D eigenvalue weighted by Gasteiger charge is 2.13. The van der Waals surface area contributed by atoms with E-state index >= 15 is 0 Å². The van der Waals surface area contributed by atoms with Gasteiger partial charge in [-0.1, -0.05) is 163 Å². The highest BCUT2D eigenvalue weighted by molar-refractivity contribution is 6.33. The standard InChI is InChI=1S/C38H44/c1-2-3-4-5-6-7-8-9-10-11-12-13-14-15-16-17-21-30-28-29-36-34-26-19-23-31-22-18-25-33(37(31)34)35-27-20-24-32(30)38(35)36/h18-20,22-29H,2-16H2,1H3. The molecule has 196 valence electrons. The number of hydrogen-bond donors (Lipinski definition) is 0. The molecule has 0 atom stereocenters. The second kappa shape index (κ2) is 13.7. The van der Waals surface area contributed by atoms with Crippen LogP contribution in [-0.4, -0.2) is 0 Å². The first-order chi connectivity index (χ1) is 18.9. The molecule has 0 aliphatic rings. The van der Waals surface area contributed by atoms with Gasteiger partial charge in [0.15, 0.2) is 0 Å². The lowest BCUT2D eigenvalue weighted by Gasteiger charge is -2.14. The van der Waals surface area contributed by atoms with E-state index in [0.29, 0.717) is 0 Å². The zero-order valence-electron chi connectivity index (χ0n) is 23.5. The molecule has 38 heavy (non-hydrogen) atoms. The van der Waals surface area contributed by atoms with E-state index < -0.39 is 0 Å². The first kappa shape index (κ1) is 26.6. The molecule has 0 aliphatic carbocycles. The van der Waals surface area contributed by atoms with E-state index in [4.69, 9.17) is 0 Å². The van der Waals surface area contributed by atoms with E-state index in [-0.39, 0.29) is 0 Å². The summed E-state index contributed by atoms with van der Waals surface area (Å²) in [6.45, 7) is 2.30. The van der Waals surface area contributed by atoms with Crippen molar-refractivity contribution in [2.24, 2.45) is 0 Å². The van der Waals surface area contributed by atoms with E-state index in [2.05, 4.69) is 85.5 Å². The average Bonchev–Trinajstić information content (AvgIpc) is 2.96. The van der Waals surface area contributed by atoms with Crippen molar-refractivity contribution < 1.29 is 0 Å². The zero-order chi connectivity index (χ0) is 26.0. The molecule has 0 N–H and O–H groups in total. The SMILES string of the molecule is CCCCCCCCCCCCCCCCC#Cc1ccc2c3cccc4cccc(c5cccc1c52)c43. The summed E-state index contributed by atoms with van der Waals surface area (Å²) >= 11 is 0. The molecule has 0 saturated heterocycles. The van der Waals surface area contributed by atoms with Crippen LogP contribution in [-0.2, 0) is 0 Å². The van der Waals surface area contributed by atoms with Crippen LogP contribution in [0.25, 0.3) is 43.1 Å². The summed E-state index contributed by atoms with van der Waals surface area (Å²) in [5.41, 5.74) is 1.17. The van der Waals surface area contributed by atoms with Gasteiger partial charge < -0.3 is 0 Å². The van der Waals surface area contributed by atoms with Gasteiger partial charge in [0.05, 0.1) is 0 Å². The monoisotopic (exact) mass is 500 g/mol. The summed E-state index contributed by atoms with van der Waals surface area (Å²) in [7, 11) is 0. The molecule has 0 saturated carbocycles. The number of hydrogen-bond acceptors (Lipinski definition) is 0. The van der Waals surface area contributed by atoms with Gasteiger partial charge in [-0.05, 0) is 55.6 Å². The summed E-state index contributed by atoms with van der Waals surface area (Å²) in [5.74, 6) is 7.04. The highest BCUT2D eigenvalue weighted by Crippen LogP contribution is 2.40. The second-order valence-electron chi connectivity index (χ2n) is 11.2. The van der Waals surface area contributed by atoms with Crippen LogP contribution < -0.4 is 0 Å². The first-order valence-electron chi connectivity index (χ1n) is 15.5. The quantitative estimate of drug-likeness (QED) is 0.0615. The molecule has 0 heteroatoms. The van der Waals surface area contributed by atoms with Gasteiger partial charge in [0, 0.05) is 12.0 Å². The number of benzene rings is 5. The van der Waals surface area contributed by atoms with Gasteiger partial charge in [0.2, 0.25) is 0 Å². The van der Waals surface area contributed by atoms with Gasteiger partial charge >= 0.3 is 0 Å². The lowest BCUT2D eigenvalue weighted by Crippen LogP contribution is -1.88. The van der Waals surface area contributed by atoms with Crippen LogP contribution >= 0.6 is 0 Å². The van der Waals surface area contributed by atoms with E-state index in [1.807, 2.05) is 0 Å². The molecule has 0 amide bonds. The molecule has 0 unspecified atom stereocenters. The smallest absolute Gasteiger partial charge is 0.0324 e. The first-order valence-corrected chi connectivity index (χ1v) is 15.5. The summed E-state index contributed by atoms with van der Waals surface area (Å²) in [6.07, 6.45) is 20.6. The maximum absolute atomic E-state index is 3.54. The predicted octanol–water partition coefficient (Wildman–Crippen LogP) is 12.0. The van der Waals surface area contributed by atoms with Crippen molar-refractivity contribution >= 4 is 43.1 Å². The maximum Gasteiger partial charge on any atom is 0.0324 e. The molecule has 0 aliphatic heterocycles. The lowest BCUT2D eigenvalue weighted by molar-refractivity contribution is 0.536. The van der Waals surface area contributed by atoms with Crippen molar-refractivity contribution in [2.45, 2.75) is 103 Å². The Morgan fingerprint density at radius 1 is 0.447 bits per heavy atom. The maximum atomic E-state index is 3.54. The summed E-state index contributed by atoms with van der Waals surface area (Å²) in [5, 5.41) is 10.7. The molecule has 0 aromatic heterocycles. The minimum Gasteiger partial charge on any atom is -0.0979 e. The van der Waals surface area contributed by atoms with Gasteiger partial charge in [0.1, 0.15) is 0 Å². The van der Waals surface area contributed by atoms with Crippen molar-refractivity contribution in [1.82, 2.24) is 0 Å². The van der Waals surface area contributed by atoms with Crippen molar-refractivity contribution in [2.75, 3.05) is 0 Å². The molecular weight excluding hydrogens is 456 g/mol. The third kappa shape index (κ3) is 6.15. The Bertz CT molecular complexity index is 1460. The Morgan fingerprint density at radius 3 is 1.53 bits per heavy atom. The van der Waals surface area contributed by atoms with E-state index in [1.165, 1.54) is 139 Å². The third-order valence-electron chi connectivity index (χ3n) is 8.40. The summed E-state index contributed by atoms with van der Waals surface area (Å²) < 4.78 is 0. The topological polar surface area (TPSA) is 0 Å². The fourth-order valence-corrected chi connectivity index (χ4v) is 6.32. The van der Waals surface area contributed by atoms with Crippen molar-refractivity contribution in [3.63, 3.8) is 0 Å². The Hall–Kier alpha value is -3.04. The Kier molecular flexibility index (Phi) is 9.55. The Labute approximate surface area is 230 Å². The van der Waals surface area contributed by atoms with Crippen LogP contribution in [0.4, 0.5) is 0 Å². The lowest BCUT2D eigenvalue weighted by atomic mass is 9.88. The van der Waals surface area contributed by atoms with Crippen LogP contribution in [0.3, 0.4) is 0 Å². The molecule has 0 fully saturated rings. The van der Waals surface area contributed by atoms with E-state index in [0.717, 1.165) is 6.42 Å². The minimum absolute atomic E-state index is 1.00. The Morgan fingerprint density at radius 2 is 0.921 bits per heavy atom. The Balaban J connectivity index is 1.11. The molecule has 5 aromatic rings. The summed E-state index contributed by atoms with van der Waals surface area (Å²) in [4.78, 5) is 0. The van der Waals surface area contributed by atoms with Gasteiger partial charge in [-0.25, -0.2) is 0 Å². The molecular formula is C38H44. The van der Waals surface area contributed by atoms with Crippen LogP contribution in [0.2, 0.25) is 0 Å². The van der Waals surface area contributed by atoms with Crippen LogP contribution in [0.5, 0.6) is 0 Å². The average molecular weight is 501 g/mol. The van der Waals surface area contributed by atoms with Crippen molar-refractivity contribution in [3.8, 4) is 11.8 Å². The normalized spacial score (nSPS) is 11.6.